The van der Waals surface area contributed by atoms with Crippen molar-refractivity contribution in [3.63, 3.8) is 0 Å². The Labute approximate surface area is 166 Å². The number of methoxy groups -OCH3 is 1. The molecule has 3 aromatic heterocycles. The molecule has 0 unspecified atom stereocenters. The van der Waals surface area contributed by atoms with Crippen LogP contribution in [-0.4, -0.2) is 50.3 Å². The van der Waals surface area contributed by atoms with E-state index in [2.05, 4.69) is 27.2 Å². The van der Waals surface area contributed by atoms with E-state index in [0.717, 1.165) is 23.5 Å². The molecule has 0 radical (unpaired) electrons. The number of carbonyl (C=O) groups excluding carboxylic acids is 1. The third kappa shape index (κ3) is 2.85. The van der Waals surface area contributed by atoms with Gasteiger partial charge in [0.05, 0.1) is 40.7 Å². The lowest BCUT2D eigenvalue weighted by atomic mass is 10.1. The van der Waals surface area contributed by atoms with Gasteiger partial charge in [0.2, 0.25) is 0 Å². The van der Waals surface area contributed by atoms with Crippen LogP contribution in [-0.2, 0) is 11.3 Å². The maximum Gasteiger partial charge on any atom is 0.257 e. The molecular formula is C20H19N5O2S. The molecule has 1 aliphatic heterocycles. The molecule has 3 aromatic rings. The zero-order valence-electron chi connectivity index (χ0n) is 15.4. The highest BCUT2D eigenvalue weighted by atomic mass is 32.1. The van der Waals surface area contributed by atoms with E-state index in [0.29, 0.717) is 23.1 Å². The van der Waals surface area contributed by atoms with Crippen LogP contribution in [0.25, 0.3) is 16.5 Å². The Morgan fingerprint density at radius 2 is 2.29 bits per heavy atom. The number of carbonyl (C=O) groups is 1. The van der Waals surface area contributed by atoms with E-state index in [4.69, 9.17) is 4.74 Å². The molecule has 1 fully saturated rings. The van der Waals surface area contributed by atoms with Gasteiger partial charge in [0.1, 0.15) is 0 Å². The van der Waals surface area contributed by atoms with Gasteiger partial charge in [0.15, 0.2) is 0 Å². The van der Waals surface area contributed by atoms with Crippen LogP contribution in [0.1, 0.15) is 22.5 Å². The number of hydrogen-bond acceptors (Lipinski definition) is 6. The smallest absolute Gasteiger partial charge is 0.257 e. The molecular weight excluding hydrogens is 374 g/mol. The first-order valence-corrected chi connectivity index (χ1v) is 10.0. The third-order valence-electron chi connectivity index (χ3n) is 5.23. The summed E-state index contributed by atoms with van der Waals surface area (Å²) in [6, 6.07) is 6.06. The fourth-order valence-electron chi connectivity index (χ4n) is 3.91. The van der Waals surface area contributed by atoms with E-state index in [1.54, 1.807) is 35.5 Å². The SMILES string of the molecule is COCc1c(C(=O)N2C[C@H]3C=C[C@H]2C3)cnn1-c1nccc(-c2cccs2)n1. The van der Waals surface area contributed by atoms with Crippen molar-refractivity contribution in [2.24, 2.45) is 5.92 Å². The third-order valence-corrected chi connectivity index (χ3v) is 6.12. The minimum atomic E-state index is -0.00967. The number of likely N-dealkylation sites (tertiary alicyclic amines) is 1. The highest BCUT2D eigenvalue weighted by Gasteiger charge is 2.38. The van der Waals surface area contributed by atoms with Crippen LogP contribution in [0.3, 0.4) is 0 Å². The summed E-state index contributed by atoms with van der Waals surface area (Å²) in [6.07, 6.45) is 8.67. The number of nitrogens with zero attached hydrogens (tertiary/aromatic N) is 5. The summed E-state index contributed by atoms with van der Waals surface area (Å²) < 4.78 is 6.98. The molecule has 2 atom stereocenters. The largest absolute Gasteiger partial charge is 0.378 e. The number of ether oxygens (including phenoxy) is 1. The maximum absolute atomic E-state index is 13.2. The second kappa shape index (κ2) is 6.96. The van der Waals surface area contributed by atoms with Gasteiger partial charge in [0, 0.05) is 19.9 Å². The van der Waals surface area contributed by atoms with Gasteiger partial charge >= 0.3 is 0 Å². The molecule has 0 spiro atoms. The van der Waals surface area contributed by atoms with E-state index in [1.807, 2.05) is 28.5 Å². The van der Waals surface area contributed by atoms with Gasteiger partial charge in [-0.05, 0) is 29.9 Å². The molecule has 1 saturated heterocycles. The highest BCUT2D eigenvalue weighted by molar-refractivity contribution is 7.13. The highest BCUT2D eigenvalue weighted by Crippen LogP contribution is 2.33. The van der Waals surface area contributed by atoms with E-state index in [-0.39, 0.29) is 18.6 Å². The zero-order valence-corrected chi connectivity index (χ0v) is 16.2. The van der Waals surface area contributed by atoms with E-state index in [1.165, 1.54) is 0 Å². The molecule has 0 aromatic carbocycles. The Hall–Kier alpha value is -2.84. The summed E-state index contributed by atoms with van der Waals surface area (Å²) >= 11 is 1.62. The van der Waals surface area contributed by atoms with Gasteiger partial charge in [-0.2, -0.15) is 9.78 Å². The summed E-state index contributed by atoms with van der Waals surface area (Å²) in [7, 11) is 1.61. The van der Waals surface area contributed by atoms with Crippen molar-refractivity contribution in [1.82, 2.24) is 24.6 Å². The summed E-state index contributed by atoms with van der Waals surface area (Å²) in [5.74, 6) is 0.894. The first-order valence-electron chi connectivity index (χ1n) is 9.17. The van der Waals surface area contributed by atoms with Crippen LogP contribution in [0.2, 0.25) is 0 Å². The fourth-order valence-corrected chi connectivity index (χ4v) is 4.60. The number of rotatable bonds is 5. The average molecular weight is 393 g/mol. The van der Waals surface area contributed by atoms with Crippen molar-refractivity contribution >= 4 is 17.2 Å². The lowest BCUT2D eigenvalue weighted by Gasteiger charge is -2.24. The van der Waals surface area contributed by atoms with Crippen LogP contribution in [0, 0.1) is 5.92 Å². The van der Waals surface area contributed by atoms with Crippen molar-refractivity contribution in [2.75, 3.05) is 13.7 Å². The Kier molecular flexibility index (Phi) is 4.29. The number of aromatic nitrogens is 4. The van der Waals surface area contributed by atoms with Crippen LogP contribution in [0.15, 0.2) is 48.1 Å². The van der Waals surface area contributed by atoms with Crippen LogP contribution in [0.4, 0.5) is 0 Å². The molecule has 8 heteroatoms. The molecule has 2 bridgehead atoms. The topological polar surface area (TPSA) is 73.1 Å². The first-order chi connectivity index (χ1) is 13.7. The molecule has 0 N–H and O–H groups in total. The monoisotopic (exact) mass is 393 g/mol. The second-order valence-corrected chi connectivity index (χ2v) is 7.92. The van der Waals surface area contributed by atoms with Crippen molar-refractivity contribution in [3.05, 3.63) is 59.4 Å². The summed E-state index contributed by atoms with van der Waals surface area (Å²) in [4.78, 5) is 25.2. The van der Waals surface area contributed by atoms with Gasteiger partial charge in [0.25, 0.3) is 11.9 Å². The molecule has 4 heterocycles. The van der Waals surface area contributed by atoms with E-state index >= 15 is 0 Å². The Morgan fingerprint density at radius 3 is 3.00 bits per heavy atom. The minimum Gasteiger partial charge on any atom is -0.378 e. The van der Waals surface area contributed by atoms with Gasteiger partial charge < -0.3 is 9.64 Å². The van der Waals surface area contributed by atoms with Crippen LogP contribution >= 0.6 is 11.3 Å². The summed E-state index contributed by atoms with van der Waals surface area (Å²) in [5, 5.41) is 6.44. The quantitative estimate of drug-likeness (QED) is 0.623. The fraction of sp³-hybridized carbons (Fsp3) is 0.300. The Balaban J connectivity index is 1.52. The van der Waals surface area contributed by atoms with Crippen molar-refractivity contribution in [1.29, 1.82) is 0 Å². The van der Waals surface area contributed by atoms with Gasteiger partial charge in [-0.1, -0.05) is 18.2 Å². The van der Waals surface area contributed by atoms with Crippen LogP contribution in [0.5, 0.6) is 0 Å². The number of hydrogen-bond donors (Lipinski definition) is 0. The van der Waals surface area contributed by atoms with Gasteiger partial charge in [-0.3, -0.25) is 4.79 Å². The number of fused-ring (bicyclic) bond motifs is 2. The standard InChI is InChI=1S/C20H19N5O2S/c1-27-12-17-15(19(26)24-11-13-4-5-14(24)9-13)10-22-25(17)20-21-7-6-16(23-20)18-3-2-8-28-18/h2-8,10,13-14H,9,11-12H2,1H3/t13-,14-/m0/s1. The number of amides is 1. The van der Waals surface area contributed by atoms with Crippen LogP contribution < -0.4 is 0 Å². The lowest BCUT2D eigenvalue weighted by molar-refractivity contribution is 0.0749. The molecule has 2 aliphatic rings. The van der Waals surface area contributed by atoms with Crippen molar-refractivity contribution < 1.29 is 9.53 Å². The average Bonchev–Trinajstić information content (AvgIpc) is 3.52. The molecule has 1 amide bonds. The molecule has 142 valence electrons. The minimum absolute atomic E-state index is 0.00967. The van der Waals surface area contributed by atoms with E-state index < -0.39 is 0 Å². The number of thiophene rings is 1. The zero-order chi connectivity index (χ0) is 19.1. The summed E-state index contributed by atoms with van der Waals surface area (Å²) in [6.45, 7) is 1.02. The predicted molar refractivity (Wildman–Crippen MR) is 105 cm³/mol. The molecule has 0 saturated carbocycles. The lowest BCUT2D eigenvalue weighted by Crippen LogP contribution is -2.36. The summed E-state index contributed by atoms with van der Waals surface area (Å²) in [5.41, 5.74) is 2.05. The van der Waals surface area contributed by atoms with Gasteiger partial charge in [-0.25, -0.2) is 9.97 Å². The molecule has 1 aliphatic carbocycles. The predicted octanol–water partition coefficient (Wildman–Crippen LogP) is 2.94. The Bertz CT molecular complexity index is 1040. The maximum atomic E-state index is 13.2. The second-order valence-electron chi connectivity index (χ2n) is 6.97. The molecule has 5 rings (SSSR count). The van der Waals surface area contributed by atoms with Crippen molar-refractivity contribution in [3.8, 4) is 16.5 Å². The molecule has 28 heavy (non-hydrogen) atoms. The Morgan fingerprint density at radius 1 is 1.36 bits per heavy atom. The molecule has 7 nitrogen and oxygen atoms in total. The van der Waals surface area contributed by atoms with Gasteiger partial charge in [-0.15, -0.1) is 11.3 Å². The van der Waals surface area contributed by atoms with Crippen molar-refractivity contribution in [2.45, 2.75) is 19.1 Å². The normalized spacial score (nSPS) is 20.2. The first kappa shape index (κ1) is 17.3. The van der Waals surface area contributed by atoms with E-state index in [9.17, 15) is 4.79 Å².